The molecule has 0 saturated heterocycles. The van der Waals surface area contributed by atoms with Crippen molar-refractivity contribution in [3.05, 3.63) is 57.3 Å². The van der Waals surface area contributed by atoms with Gasteiger partial charge in [0.15, 0.2) is 0 Å². The van der Waals surface area contributed by atoms with Gasteiger partial charge in [-0.05, 0) is 30.5 Å². The lowest BCUT2D eigenvalue weighted by Gasteiger charge is -2.21. The minimum Gasteiger partial charge on any atom is -0.403 e. The van der Waals surface area contributed by atoms with Crippen molar-refractivity contribution in [1.82, 2.24) is 25.4 Å². The predicted octanol–water partition coefficient (Wildman–Crippen LogP) is 3.49. The van der Waals surface area contributed by atoms with E-state index in [0.29, 0.717) is 34.5 Å². The highest BCUT2D eigenvalue weighted by atomic mass is 35.5. The lowest BCUT2D eigenvalue weighted by atomic mass is 9.97. The highest BCUT2D eigenvalue weighted by molar-refractivity contribution is 7.14. The Bertz CT molecular complexity index is 1260. The fraction of sp³-hybridized carbons (Fsp3) is 0.375. The van der Waals surface area contributed by atoms with Crippen LogP contribution in [0.2, 0.25) is 5.02 Å². The molecule has 1 aliphatic rings. The van der Waals surface area contributed by atoms with Crippen molar-refractivity contribution >= 4 is 52.0 Å². The number of nitrogens with one attached hydrogen (secondary N) is 2. The van der Waals surface area contributed by atoms with Gasteiger partial charge in [-0.3, -0.25) is 24.2 Å². The summed E-state index contributed by atoms with van der Waals surface area (Å²) in [6, 6.07) is 4.81. The zero-order valence-corrected chi connectivity index (χ0v) is 21.0. The molecule has 0 bridgehead atoms. The maximum atomic E-state index is 13.1. The lowest BCUT2D eigenvalue weighted by molar-refractivity contribution is -0.122. The highest BCUT2D eigenvalue weighted by Crippen LogP contribution is 2.29. The van der Waals surface area contributed by atoms with Gasteiger partial charge in [-0.25, -0.2) is 0 Å². The fourth-order valence-corrected chi connectivity index (χ4v) is 5.36. The van der Waals surface area contributed by atoms with Gasteiger partial charge in [-0.2, -0.15) is 5.10 Å². The van der Waals surface area contributed by atoms with E-state index in [4.69, 9.17) is 17.3 Å². The number of thiophene rings is 1. The molecular formula is C24H28ClN7O2S. The molecule has 1 saturated carbocycles. The van der Waals surface area contributed by atoms with Crippen LogP contribution in [0.3, 0.4) is 0 Å². The predicted molar refractivity (Wildman–Crippen MR) is 139 cm³/mol. The van der Waals surface area contributed by atoms with E-state index in [1.54, 1.807) is 30.2 Å². The van der Waals surface area contributed by atoms with Crippen LogP contribution >= 0.6 is 22.9 Å². The van der Waals surface area contributed by atoms with Crippen molar-refractivity contribution in [2.75, 3.05) is 7.05 Å². The van der Waals surface area contributed by atoms with E-state index in [9.17, 15) is 9.59 Å². The number of amides is 2. The van der Waals surface area contributed by atoms with Gasteiger partial charge >= 0.3 is 0 Å². The van der Waals surface area contributed by atoms with E-state index in [1.807, 2.05) is 12.1 Å². The first-order chi connectivity index (χ1) is 17.0. The number of pyridine rings is 1. The first-order valence-electron chi connectivity index (χ1n) is 11.5. The molecule has 1 fully saturated rings. The van der Waals surface area contributed by atoms with Crippen LogP contribution in [-0.4, -0.2) is 45.9 Å². The van der Waals surface area contributed by atoms with Gasteiger partial charge in [-0.15, -0.1) is 11.3 Å². The molecule has 4 N–H and O–H groups in total. The average Bonchev–Trinajstić information content (AvgIpc) is 3.60. The number of fused-ring (bicyclic) bond motifs is 1. The second-order valence-electron chi connectivity index (χ2n) is 8.54. The van der Waals surface area contributed by atoms with E-state index in [-0.39, 0.29) is 11.8 Å². The highest BCUT2D eigenvalue weighted by Gasteiger charge is 2.27. The molecule has 0 spiro atoms. The molecule has 3 aromatic heterocycles. The van der Waals surface area contributed by atoms with Crippen LogP contribution in [0.4, 0.5) is 0 Å². The van der Waals surface area contributed by atoms with Crippen LogP contribution in [0.25, 0.3) is 11.0 Å². The summed E-state index contributed by atoms with van der Waals surface area (Å²) in [5.74, 6) is -0.175. The number of hydrogen-bond donors (Lipinski definition) is 3. The zero-order chi connectivity index (χ0) is 24.8. The summed E-state index contributed by atoms with van der Waals surface area (Å²) in [5, 5.41) is 10.6. The number of halogens is 1. The first-order valence-corrected chi connectivity index (χ1v) is 12.7. The molecule has 9 nitrogen and oxygen atoms in total. The SMILES string of the molecule is CN=C/C(=C\N)NC(=O)C(CC1CCCC1)NC(=O)c1ccc(Cn2ncc3ncc(Cl)cc32)s1. The van der Waals surface area contributed by atoms with Gasteiger partial charge < -0.3 is 16.4 Å². The Hall–Kier alpha value is -3.24. The number of nitrogens with zero attached hydrogens (tertiary/aromatic N) is 4. The summed E-state index contributed by atoms with van der Waals surface area (Å²) >= 11 is 7.45. The third-order valence-electron chi connectivity index (χ3n) is 6.03. The minimum atomic E-state index is -0.667. The molecule has 3 heterocycles. The molecule has 35 heavy (non-hydrogen) atoms. The van der Waals surface area contributed by atoms with Crippen molar-refractivity contribution in [2.45, 2.75) is 44.7 Å². The van der Waals surface area contributed by atoms with Crippen LogP contribution in [0.1, 0.15) is 46.7 Å². The van der Waals surface area contributed by atoms with E-state index in [0.717, 1.165) is 41.6 Å². The summed E-state index contributed by atoms with van der Waals surface area (Å²) in [5.41, 5.74) is 7.56. The van der Waals surface area contributed by atoms with Crippen LogP contribution in [-0.2, 0) is 11.3 Å². The number of allylic oxidation sites excluding steroid dienone is 1. The third-order valence-corrected chi connectivity index (χ3v) is 7.31. The molecule has 4 rings (SSSR count). The summed E-state index contributed by atoms with van der Waals surface area (Å²) in [4.78, 5) is 35.7. The number of hydrogen-bond acceptors (Lipinski definition) is 7. The zero-order valence-electron chi connectivity index (χ0n) is 19.4. The molecular weight excluding hydrogens is 486 g/mol. The standard InChI is InChI=1S/C24H28ClN7O2S/c1-27-12-17(10-26)30-23(33)19(8-15-4-2-3-5-15)31-24(34)22-7-6-18(35-22)14-32-21-9-16(25)11-28-20(21)13-29-32/h6-7,9-13,15,19H,2-5,8,14,26H2,1H3,(H,30,33)(H,31,34)/b17-10+,27-12?. The van der Waals surface area contributed by atoms with Gasteiger partial charge in [0.1, 0.15) is 11.6 Å². The number of carbonyl (C=O) groups is 2. The average molecular weight is 514 g/mol. The van der Waals surface area contributed by atoms with E-state index >= 15 is 0 Å². The van der Waals surface area contributed by atoms with Crippen LogP contribution < -0.4 is 16.4 Å². The second-order valence-corrected chi connectivity index (χ2v) is 10.1. The molecule has 184 valence electrons. The Balaban J connectivity index is 1.46. The number of nitrogens with two attached hydrogens (primary N) is 1. The fourth-order valence-electron chi connectivity index (χ4n) is 4.32. The van der Waals surface area contributed by atoms with E-state index in [2.05, 4.69) is 25.7 Å². The number of aromatic nitrogens is 3. The summed E-state index contributed by atoms with van der Waals surface area (Å²) in [7, 11) is 1.60. The molecule has 1 atom stereocenters. The second kappa shape index (κ2) is 11.5. The monoisotopic (exact) mass is 513 g/mol. The third kappa shape index (κ3) is 6.26. The Morgan fingerprint density at radius 2 is 2.14 bits per heavy atom. The van der Waals surface area contributed by atoms with Gasteiger partial charge in [-0.1, -0.05) is 37.3 Å². The van der Waals surface area contributed by atoms with Crippen LogP contribution in [0.15, 0.2) is 47.5 Å². The summed E-state index contributed by atoms with van der Waals surface area (Å²) < 4.78 is 1.80. The van der Waals surface area contributed by atoms with Crippen LogP contribution in [0, 0.1) is 5.92 Å². The smallest absolute Gasteiger partial charge is 0.262 e. The molecule has 0 aromatic carbocycles. The molecule has 1 aliphatic carbocycles. The quantitative estimate of drug-likeness (QED) is 0.377. The molecule has 11 heteroatoms. The van der Waals surface area contributed by atoms with Gasteiger partial charge in [0.2, 0.25) is 5.91 Å². The Labute approximate surface area is 212 Å². The van der Waals surface area contributed by atoms with Crippen molar-refractivity contribution < 1.29 is 9.59 Å². The van der Waals surface area contributed by atoms with Gasteiger partial charge in [0.25, 0.3) is 5.91 Å². The first kappa shape index (κ1) is 24.9. The maximum absolute atomic E-state index is 13.1. The lowest BCUT2D eigenvalue weighted by Crippen LogP contribution is -2.47. The Morgan fingerprint density at radius 3 is 2.89 bits per heavy atom. The van der Waals surface area contributed by atoms with Crippen LogP contribution in [0.5, 0.6) is 0 Å². The van der Waals surface area contributed by atoms with Crippen molar-refractivity contribution in [3.8, 4) is 0 Å². The Morgan fingerprint density at radius 1 is 1.34 bits per heavy atom. The topological polar surface area (TPSA) is 127 Å². The van der Waals surface area contributed by atoms with E-state index in [1.165, 1.54) is 23.8 Å². The van der Waals surface area contributed by atoms with E-state index < -0.39 is 6.04 Å². The summed E-state index contributed by atoms with van der Waals surface area (Å²) in [6.45, 7) is 0.483. The molecule has 3 aromatic rings. The Kier molecular flexibility index (Phi) is 8.14. The van der Waals surface area contributed by atoms with Gasteiger partial charge in [0, 0.05) is 30.5 Å². The van der Waals surface area contributed by atoms with Gasteiger partial charge in [0.05, 0.1) is 33.9 Å². The number of carbonyl (C=O) groups excluding carboxylic acids is 2. The van der Waals surface area contributed by atoms with Crippen molar-refractivity contribution in [2.24, 2.45) is 16.6 Å². The minimum absolute atomic E-state index is 0.281. The molecule has 2 amide bonds. The number of aliphatic imine (C=N–C) groups is 1. The molecule has 1 unspecified atom stereocenters. The number of rotatable bonds is 9. The van der Waals surface area contributed by atoms with Crippen molar-refractivity contribution in [3.63, 3.8) is 0 Å². The molecule has 0 radical (unpaired) electrons. The molecule has 0 aliphatic heterocycles. The summed E-state index contributed by atoms with van der Waals surface area (Å²) in [6.07, 6.45) is 11.1. The largest absolute Gasteiger partial charge is 0.403 e. The maximum Gasteiger partial charge on any atom is 0.262 e. The van der Waals surface area contributed by atoms with Crippen molar-refractivity contribution in [1.29, 1.82) is 0 Å². The normalized spacial score (nSPS) is 15.7.